The lowest BCUT2D eigenvalue weighted by Gasteiger charge is -2.19. The molecule has 1 aliphatic rings. The maximum Gasteiger partial charge on any atom is 0.336 e. The van der Waals surface area contributed by atoms with E-state index in [1.807, 2.05) is 6.92 Å². The highest BCUT2D eigenvalue weighted by Crippen LogP contribution is 2.25. The van der Waals surface area contributed by atoms with Crippen LogP contribution in [0.2, 0.25) is 0 Å². The second-order valence-electron chi connectivity index (χ2n) is 5.30. The first-order valence-electron chi connectivity index (χ1n) is 6.72. The zero-order valence-corrected chi connectivity index (χ0v) is 11.0. The van der Waals surface area contributed by atoms with Crippen molar-refractivity contribution in [2.45, 2.75) is 26.3 Å². The maximum absolute atomic E-state index is 12.1. The van der Waals surface area contributed by atoms with Crippen molar-refractivity contribution in [1.29, 1.82) is 0 Å². The van der Waals surface area contributed by atoms with E-state index in [0.29, 0.717) is 17.7 Å². The van der Waals surface area contributed by atoms with Crippen molar-refractivity contribution >= 4 is 11.0 Å². The van der Waals surface area contributed by atoms with Gasteiger partial charge in [0.1, 0.15) is 12.1 Å². The second-order valence-corrected chi connectivity index (χ2v) is 5.30. The lowest BCUT2D eigenvalue weighted by molar-refractivity contribution is -0.901. The highest BCUT2D eigenvalue weighted by molar-refractivity contribution is 5.84. The molecule has 1 saturated heterocycles. The number of benzene rings is 1. The molecule has 0 spiro atoms. The predicted molar refractivity (Wildman–Crippen MR) is 70.3 cm³/mol. The summed E-state index contributed by atoms with van der Waals surface area (Å²) >= 11 is 0. The van der Waals surface area contributed by atoms with E-state index in [0.717, 1.165) is 24.0 Å². The van der Waals surface area contributed by atoms with Crippen molar-refractivity contribution in [1.82, 2.24) is 0 Å². The number of fused-ring (bicyclic) bond motifs is 1. The third kappa shape index (κ3) is 2.24. The van der Waals surface area contributed by atoms with Gasteiger partial charge in [-0.1, -0.05) is 17.9 Å². The lowest BCUT2D eigenvalue weighted by Crippen LogP contribution is -3.08. The number of rotatable bonds is 2. The third-order valence-electron chi connectivity index (χ3n) is 3.92. The average molecular weight is 259 g/mol. The van der Waals surface area contributed by atoms with Crippen LogP contribution in [0.5, 0.6) is 5.75 Å². The van der Waals surface area contributed by atoms with Crippen LogP contribution in [0, 0.1) is 6.92 Å². The molecule has 1 aromatic carbocycles. The molecule has 4 nitrogen and oxygen atoms in total. The summed E-state index contributed by atoms with van der Waals surface area (Å²) in [4.78, 5) is 12.9. The molecule has 0 saturated carbocycles. The standard InChI is InChI=1S/C15H17NO3/c1-10-8-14(18)19-15-11(10)4-5-13(17)12(15)9-16-6-2-3-7-16/h4-5,8,17H,2-3,6-7,9H2,1H3. The molecule has 0 aliphatic carbocycles. The fraction of sp³-hybridized carbons (Fsp3) is 0.400. The Morgan fingerprint density at radius 2 is 2.05 bits per heavy atom. The molecule has 1 fully saturated rings. The van der Waals surface area contributed by atoms with Crippen molar-refractivity contribution in [2.24, 2.45) is 0 Å². The van der Waals surface area contributed by atoms with E-state index in [2.05, 4.69) is 0 Å². The molecule has 19 heavy (non-hydrogen) atoms. The van der Waals surface area contributed by atoms with Gasteiger partial charge in [0, 0.05) is 29.9 Å². The lowest BCUT2D eigenvalue weighted by atomic mass is 10.1. The number of hydrogen-bond acceptors (Lipinski definition) is 3. The topological polar surface area (TPSA) is 57.7 Å². The average Bonchev–Trinajstić information content (AvgIpc) is 2.85. The van der Waals surface area contributed by atoms with Gasteiger partial charge >= 0.3 is 5.63 Å². The first-order chi connectivity index (χ1) is 9.15. The summed E-state index contributed by atoms with van der Waals surface area (Å²) in [5.41, 5.74) is 1.62. The van der Waals surface area contributed by atoms with Gasteiger partial charge in [-0.15, -0.1) is 0 Å². The molecule has 2 aromatic rings. The highest BCUT2D eigenvalue weighted by atomic mass is 16.4. The normalized spacial score (nSPS) is 16.3. The smallest absolute Gasteiger partial charge is 0.336 e. The summed E-state index contributed by atoms with van der Waals surface area (Å²) in [6.07, 6.45) is 2.41. The zero-order chi connectivity index (χ0) is 13.4. The fourth-order valence-corrected chi connectivity index (χ4v) is 2.89. The van der Waals surface area contributed by atoms with Crippen LogP contribution < -0.4 is 15.6 Å². The van der Waals surface area contributed by atoms with Crippen molar-refractivity contribution in [3.8, 4) is 5.75 Å². The van der Waals surface area contributed by atoms with Crippen LogP contribution in [0.25, 0.3) is 11.0 Å². The first kappa shape index (κ1) is 12.2. The minimum Gasteiger partial charge on any atom is -0.872 e. The Labute approximate surface area is 111 Å². The number of likely N-dealkylation sites (tertiary alicyclic amines) is 1. The summed E-state index contributed by atoms with van der Waals surface area (Å²) in [6, 6.07) is 4.80. The number of nitrogens with one attached hydrogen (secondary N) is 1. The van der Waals surface area contributed by atoms with Crippen LogP contribution in [-0.4, -0.2) is 13.1 Å². The summed E-state index contributed by atoms with van der Waals surface area (Å²) in [5.74, 6) is -0.0272. The Hall–Kier alpha value is -1.81. The molecule has 0 atom stereocenters. The van der Waals surface area contributed by atoms with Gasteiger partial charge < -0.3 is 14.4 Å². The number of aryl methyl sites for hydroxylation is 1. The molecule has 1 N–H and O–H groups in total. The Morgan fingerprint density at radius 1 is 1.32 bits per heavy atom. The van der Waals surface area contributed by atoms with Gasteiger partial charge in [-0.05, 0) is 12.5 Å². The second kappa shape index (κ2) is 4.70. The minimum atomic E-state index is -0.381. The molecule has 1 aliphatic heterocycles. The van der Waals surface area contributed by atoms with Gasteiger partial charge in [0.25, 0.3) is 0 Å². The van der Waals surface area contributed by atoms with Crippen molar-refractivity contribution in [2.75, 3.05) is 13.1 Å². The summed E-state index contributed by atoms with van der Waals surface area (Å²) in [6.45, 7) is 4.70. The molecule has 1 aromatic heterocycles. The summed E-state index contributed by atoms with van der Waals surface area (Å²) in [7, 11) is 0. The molecule has 3 rings (SSSR count). The molecule has 0 radical (unpaired) electrons. The Balaban J connectivity index is 2.15. The van der Waals surface area contributed by atoms with Gasteiger partial charge in [0.15, 0.2) is 0 Å². The largest absolute Gasteiger partial charge is 0.872 e. The number of hydrogen-bond donors (Lipinski definition) is 1. The van der Waals surface area contributed by atoms with Gasteiger partial charge in [0.2, 0.25) is 0 Å². The highest BCUT2D eigenvalue weighted by Gasteiger charge is 2.18. The molecular weight excluding hydrogens is 242 g/mol. The quantitative estimate of drug-likeness (QED) is 0.792. The predicted octanol–water partition coefficient (Wildman–Crippen LogP) is 0.354. The van der Waals surface area contributed by atoms with E-state index in [1.165, 1.54) is 23.8 Å². The molecule has 2 heterocycles. The van der Waals surface area contributed by atoms with Gasteiger partial charge in [-0.25, -0.2) is 4.79 Å². The molecule has 0 amide bonds. The van der Waals surface area contributed by atoms with Crippen LogP contribution >= 0.6 is 0 Å². The van der Waals surface area contributed by atoms with Gasteiger partial charge in [-0.3, -0.25) is 0 Å². The molecular formula is C15H17NO3. The Morgan fingerprint density at radius 3 is 2.79 bits per heavy atom. The van der Waals surface area contributed by atoms with Gasteiger partial charge in [-0.2, -0.15) is 0 Å². The fourth-order valence-electron chi connectivity index (χ4n) is 2.89. The van der Waals surface area contributed by atoms with Crippen LogP contribution in [0.4, 0.5) is 0 Å². The van der Waals surface area contributed by atoms with E-state index in [1.54, 1.807) is 12.1 Å². The molecule has 4 heteroatoms. The van der Waals surface area contributed by atoms with E-state index < -0.39 is 0 Å². The maximum atomic E-state index is 12.1. The van der Waals surface area contributed by atoms with Crippen molar-refractivity contribution in [3.05, 3.63) is 39.7 Å². The van der Waals surface area contributed by atoms with Crippen LogP contribution in [0.1, 0.15) is 24.0 Å². The van der Waals surface area contributed by atoms with Gasteiger partial charge in [0.05, 0.1) is 13.1 Å². The van der Waals surface area contributed by atoms with Crippen molar-refractivity contribution < 1.29 is 14.4 Å². The Bertz CT molecular complexity index is 669. The molecule has 0 unspecified atom stereocenters. The SMILES string of the molecule is Cc1cc(=O)oc2c(C[NH+]3CCCC3)c([O-])ccc12. The first-order valence-corrected chi connectivity index (χ1v) is 6.72. The van der Waals surface area contributed by atoms with Crippen LogP contribution in [-0.2, 0) is 6.54 Å². The Kier molecular flexibility index (Phi) is 3.03. The van der Waals surface area contributed by atoms with E-state index in [4.69, 9.17) is 4.42 Å². The molecule has 0 bridgehead atoms. The third-order valence-corrected chi connectivity index (χ3v) is 3.92. The van der Waals surface area contributed by atoms with E-state index >= 15 is 0 Å². The van der Waals surface area contributed by atoms with E-state index in [9.17, 15) is 9.90 Å². The van der Waals surface area contributed by atoms with Crippen molar-refractivity contribution in [3.63, 3.8) is 0 Å². The molecule has 100 valence electrons. The summed E-state index contributed by atoms with van der Waals surface area (Å²) < 4.78 is 5.30. The van der Waals surface area contributed by atoms with Crippen LogP contribution in [0.3, 0.4) is 0 Å². The van der Waals surface area contributed by atoms with E-state index in [-0.39, 0.29) is 11.4 Å². The van der Waals surface area contributed by atoms with Crippen LogP contribution in [0.15, 0.2) is 27.4 Å². The summed E-state index contributed by atoms with van der Waals surface area (Å²) in [5, 5.41) is 12.9. The number of quaternary nitrogens is 1. The minimum absolute atomic E-state index is 0.0272. The zero-order valence-electron chi connectivity index (χ0n) is 11.0. The monoisotopic (exact) mass is 259 g/mol.